The Morgan fingerprint density at radius 1 is 1.05 bits per heavy atom. The van der Waals surface area contributed by atoms with Crippen LogP contribution in [0.25, 0.3) is 0 Å². The molecule has 0 aliphatic rings. The van der Waals surface area contributed by atoms with E-state index in [0.29, 0.717) is 12.2 Å². The summed E-state index contributed by atoms with van der Waals surface area (Å²) in [4.78, 5) is 12.1. The zero-order chi connectivity index (χ0) is 15.1. The van der Waals surface area contributed by atoms with Crippen molar-refractivity contribution >= 4 is 5.78 Å². The van der Waals surface area contributed by atoms with Crippen LogP contribution in [-0.2, 0) is 4.74 Å². The molecule has 0 N–H and O–H groups in total. The van der Waals surface area contributed by atoms with Gasteiger partial charge in [0, 0.05) is 5.56 Å². The highest BCUT2D eigenvalue weighted by Gasteiger charge is 2.10. The highest BCUT2D eigenvalue weighted by Crippen LogP contribution is 2.17. The number of ketones is 1. The molecule has 2 aromatic carbocycles. The van der Waals surface area contributed by atoms with E-state index >= 15 is 0 Å². The van der Waals surface area contributed by atoms with Gasteiger partial charge in [-0.1, -0.05) is 30.3 Å². The standard InChI is InChI=1S/C18H20O3/c1-3-20-17-11-9-16(10-12-17)18(19)13-21-14(2)15-7-5-4-6-8-15/h4-12,14H,3,13H2,1-2H3. The molecule has 3 nitrogen and oxygen atoms in total. The smallest absolute Gasteiger partial charge is 0.188 e. The molecule has 0 saturated heterocycles. The number of hydrogen-bond acceptors (Lipinski definition) is 3. The summed E-state index contributed by atoms with van der Waals surface area (Å²) in [5, 5.41) is 0. The Labute approximate surface area is 125 Å². The van der Waals surface area contributed by atoms with E-state index in [-0.39, 0.29) is 18.5 Å². The van der Waals surface area contributed by atoms with E-state index in [4.69, 9.17) is 9.47 Å². The third-order valence-corrected chi connectivity index (χ3v) is 3.22. The highest BCUT2D eigenvalue weighted by molar-refractivity contribution is 5.97. The van der Waals surface area contributed by atoms with Crippen LogP contribution in [0.3, 0.4) is 0 Å². The Bertz CT molecular complexity index is 561. The molecule has 0 aliphatic heterocycles. The quantitative estimate of drug-likeness (QED) is 0.720. The van der Waals surface area contributed by atoms with E-state index in [2.05, 4.69) is 0 Å². The molecule has 0 aliphatic carbocycles. The van der Waals surface area contributed by atoms with Crippen molar-refractivity contribution in [1.82, 2.24) is 0 Å². The van der Waals surface area contributed by atoms with Gasteiger partial charge in [-0.3, -0.25) is 4.79 Å². The molecule has 0 fully saturated rings. The zero-order valence-electron chi connectivity index (χ0n) is 12.4. The van der Waals surface area contributed by atoms with Gasteiger partial charge in [-0.2, -0.15) is 0 Å². The molecule has 2 rings (SSSR count). The van der Waals surface area contributed by atoms with E-state index in [1.54, 1.807) is 24.3 Å². The number of Topliss-reactive ketones (excluding diaryl/α,β-unsaturated/α-hetero) is 1. The predicted molar refractivity (Wildman–Crippen MR) is 82.8 cm³/mol. The number of hydrogen-bond donors (Lipinski definition) is 0. The van der Waals surface area contributed by atoms with Crippen LogP contribution in [0.1, 0.15) is 35.9 Å². The van der Waals surface area contributed by atoms with E-state index in [1.165, 1.54) is 0 Å². The summed E-state index contributed by atoms with van der Waals surface area (Å²) in [6.45, 7) is 4.56. The van der Waals surface area contributed by atoms with Crippen LogP contribution < -0.4 is 4.74 Å². The van der Waals surface area contributed by atoms with Crippen LogP contribution in [0.4, 0.5) is 0 Å². The normalized spacial score (nSPS) is 11.9. The highest BCUT2D eigenvalue weighted by atomic mass is 16.5. The third kappa shape index (κ3) is 4.43. The number of benzene rings is 2. The zero-order valence-corrected chi connectivity index (χ0v) is 12.4. The topological polar surface area (TPSA) is 35.5 Å². The molecule has 0 heterocycles. The van der Waals surface area contributed by atoms with Gasteiger partial charge in [-0.15, -0.1) is 0 Å². The number of carbonyl (C=O) groups excluding carboxylic acids is 1. The van der Waals surface area contributed by atoms with Crippen LogP contribution in [-0.4, -0.2) is 19.0 Å². The lowest BCUT2D eigenvalue weighted by atomic mass is 10.1. The maximum Gasteiger partial charge on any atom is 0.188 e. The predicted octanol–water partition coefficient (Wildman–Crippen LogP) is 4.05. The Morgan fingerprint density at radius 2 is 1.71 bits per heavy atom. The Kier molecular flexibility index (Phi) is 5.52. The lowest BCUT2D eigenvalue weighted by molar-refractivity contribution is 0.0521. The van der Waals surface area contributed by atoms with Gasteiger partial charge in [0.05, 0.1) is 12.7 Å². The van der Waals surface area contributed by atoms with E-state index in [9.17, 15) is 4.79 Å². The van der Waals surface area contributed by atoms with E-state index < -0.39 is 0 Å². The fraction of sp³-hybridized carbons (Fsp3) is 0.278. The second-order valence-electron chi connectivity index (χ2n) is 4.74. The van der Waals surface area contributed by atoms with Crippen LogP contribution in [0.5, 0.6) is 5.75 Å². The van der Waals surface area contributed by atoms with Crippen molar-refractivity contribution in [1.29, 1.82) is 0 Å². The van der Waals surface area contributed by atoms with Gasteiger partial charge in [0.15, 0.2) is 5.78 Å². The monoisotopic (exact) mass is 284 g/mol. The summed E-state index contributed by atoms with van der Waals surface area (Å²) in [6.07, 6.45) is -0.0992. The fourth-order valence-electron chi connectivity index (χ4n) is 2.01. The van der Waals surface area contributed by atoms with Crippen molar-refractivity contribution in [2.24, 2.45) is 0 Å². The average molecular weight is 284 g/mol. The first-order valence-electron chi connectivity index (χ1n) is 7.13. The van der Waals surface area contributed by atoms with Gasteiger partial charge in [0.2, 0.25) is 0 Å². The van der Waals surface area contributed by atoms with E-state index in [0.717, 1.165) is 11.3 Å². The molecule has 0 saturated carbocycles. The second-order valence-corrected chi connectivity index (χ2v) is 4.74. The van der Waals surface area contributed by atoms with Crippen molar-refractivity contribution in [2.75, 3.05) is 13.2 Å². The molecule has 0 amide bonds. The van der Waals surface area contributed by atoms with Crippen LogP contribution in [0.2, 0.25) is 0 Å². The van der Waals surface area contributed by atoms with Gasteiger partial charge in [-0.05, 0) is 43.7 Å². The van der Waals surface area contributed by atoms with Gasteiger partial charge in [-0.25, -0.2) is 0 Å². The molecule has 3 heteroatoms. The average Bonchev–Trinajstić information content (AvgIpc) is 2.54. The summed E-state index contributed by atoms with van der Waals surface area (Å²) < 4.78 is 11.0. The summed E-state index contributed by atoms with van der Waals surface area (Å²) >= 11 is 0. The Balaban J connectivity index is 1.89. The molecule has 0 spiro atoms. The number of rotatable bonds is 7. The molecule has 1 atom stereocenters. The fourth-order valence-corrected chi connectivity index (χ4v) is 2.01. The summed E-state index contributed by atoms with van der Waals surface area (Å²) in [5.41, 5.74) is 1.70. The summed E-state index contributed by atoms with van der Waals surface area (Å²) in [6, 6.07) is 17.0. The van der Waals surface area contributed by atoms with Gasteiger partial charge < -0.3 is 9.47 Å². The Hall–Kier alpha value is -2.13. The lowest BCUT2D eigenvalue weighted by Crippen LogP contribution is -2.11. The minimum absolute atomic E-state index is 0.0270. The first-order chi connectivity index (χ1) is 10.2. The van der Waals surface area contributed by atoms with Gasteiger partial charge in [0.1, 0.15) is 12.4 Å². The first-order valence-corrected chi connectivity index (χ1v) is 7.13. The molecule has 0 bridgehead atoms. The van der Waals surface area contributed by atoms with Crippen molar-refractivity contribution < 1.29 is 14.3 Å². The van der Waals surface area contributed by atoms with Crippen molar-refractivity contribution in [3.8, 4) is 5.75 Å². The Morgan fingerprint density at radius 3 is 2.33 bits per heavy atom. The van der Waals surface area contributed by atoms with Gasteiger partial charge >= 0.3 is 0 Å². The van der Waals surface area contributed by atoms with Crippen molar-refractivity contribution in [3.63, 3.8) is 0 Å². The second kappa shape index (κ2) is 7.60. The molecule has 2 aromatic rings. The summed E-state index contributed by atoms with van der Waals surface area (Å²) in [5.74, 6) is 0.744. The maximum atomic E-state index is 12.1. The molecular weight excluding hydrogens is 264 g/mol. The van der Waals surface area contributed by atoms with Crippen molar-refractivity contribution in [3.05, 3.63) is 65.7 Å². The minimum atomic E-state index is -0.0992. The van der Waals surface area contributed by atoms with E-state index in [1.807, 2.05) is 44.2 Å². The lowest BCUT2D eigenvalue weighted by Gasteiger charge is -2.13. The molecular formula is C18H20O3. The summed E-state index contributed by atoms with van der Waals surface area (Å²) in [7, 11) is 0. The van der Waals surface area contributed by atoms with Crippen molar-refractivity contribution in [2.45, 2.75) is 20.0 Å². The number of carbonyl (C=O) groups is 1. The van der Waals surface area contributed by atoms with Crippen LogP contribution in [0, 0.1) is 0 Å². The largest absolute Gasteiger partial charge is 0.494 e. The van der Waals surface area contributed by atoms with Crippen LogP contribution in [0.15, 0.2) is 54.6 Å². The molecule has 21 heavy (non-hydrogen) atoms. The van der Waals surface area contributed by atoms with Crippen LogP contribution >= 0.6 is 0 Å². The molecule has 0 radical (unpaired) electrons. The first kappa shape index (κ1) is 15.3. The molecule has 110 valence electrons. The third-order valence-electron chi connectivity index (χ3n) is 3.22. The molecule has 0 aromatic heterocycles. The number of ether oxygens (including phenoxy) is 2. The molecule has 1 unspecified atom stereocenters. The SMILES string of the molecule is CCOc1ccc(C(=O)COC(C)c2ccccc2)cc1. The maximum absolute atomic E-state index is 12.1. The minimum Gasteiger partial charge on any atom is -0.494 e. The van der Waals surface area contributed by atoms with Gasteiger partial charge in [0.25, 0.3) is 0 Å².